The number of nitrogens with one attached hydrogen (secondary N) is 2. The minimum absolute atomic E-state index is 0.178. The molecular formula is C32H32ClN3O4S. The fourth-order valence-electron chi connectivity index (χ4n) is 7.07. The zero-order chi connectivity index (χ0) is 28.8. The Hall–Kier alpha value is -3.33. The van der Waals surface area contributed by atoms with Crippen molar-refractivity contribution < 1.29 is 19.5 Å². The van der Waals surface area contributed by atoms with Crippen LogP contribution in [0, 0.1) is 11.8 Å². The molecule has 1 spiro atoms. The summed E-state index contributed by atoms with van der Waals surface area (Å²) < 4.78 is -1.30. The zero-order valence-electron chi connectivity index (χ0n) is 22.6. The Kier molecular flexibility index (Phi) is 7.34. The maximum Gasteiger partial charge on any atom is 0.248 e. The summed E-state index contributed by atoms with van der Waals surface area (Å²) in [5.41, 5.74) is 2.27. The first-order valence-corrected chi connectivity index (χ1v) is 15.0. The Balaban J connectivity index is 1.38. The Bertz CT molecular complexity index is 1460. The molecule has 7 nitrogen and oxygen atoms in total. The predicted octanol–water partition coefficient (Wildman–Crippen LogP) is 4.81. The van der Waals surface area contributed by atoms with Gasteiger partial charge in [-0.05, 0) is 55.2 Å². The van der Waals surface area contributed by atoms with Gasteiger partial charge in [-0.1, -0.05) is 72.3 Å². The van der Waals surface area contributed by atoms with Crippen LogP contribution in [0.5, 0.6) is 0 Å². The summed E-state index contributed by atoms with van der Waals surface area (Å²) in [6, 6.07) is 24.2. The van der Waals surface area contributed by atoms with Gasteiger partial charge >= 0.3 is 0 Å². The Morgan fingerprint density at radius 3 is 2.32 bits per heavy atom. The second-order valence-corrected chi connectivity index (χ2v) is 13.6. The summed E-state index contributed by atoms with van der Waals surface area (Å²) >= 11 is 7.66. The number of hydrogen-bond donors (Lipinski definition) is 3. The van der Waals surface area contributed by atoms with Crippen LogP contribution in [-0.4, -0.2) is 49.9 Å². The van der Waals surface area contributed by atoms with E-state index in [0.29, 0.717) is 30.1 Å². The van der Waals surface area contributed by atoms with Crippen LogP contribution < -0.4 is 10.6 Å². The highest BCUT2D eigenvalue weighted by molar-refractivity contribution is 8.02. The van der Waals surface area contributed by atoms with Gasteiger partial charge in [0.15, 0.2) is 0 Å². The number of likely N-dealkylation sites (tertiary alicyclic amines) is 1. The third-order valence-electron chi connectivity index (χ3n) is 8.86. The lowest BCUT2D eigenvalue weighted by atomic mass is 9.66. The summed E-state index contributed by atoms with van der Waals surface area (Å²) in [7, 11) is 0. The molecule has 0 aromatic heterocycles. The number of benzene rings is 3. The van der Waals surface area contributed by atoms with Crippen molar-refractivity contribution in [1.82, 2.24) is 10.2 Å². The summed E-state index contributed by atoms with van der Waals surface area (Å²) in [4.78, 5) is 44.1. The van der Waals surface area contributed by atoms with Gasteiger partial charge in [-0.2, -0.15) is 0 Å². The number of thioether (sulfide) groups is 1. The Morgan fingerprint density at radius 1 is 1.00 bits per heavy atom. The predicted molar refractivity (Wildman–Crippen MR) is 160 cm³/mol. The summed E-state index contributed by atoms with van der Waals surface area (Å²) in [6.45, 7) is 2.05. The number of rotatable bonds is 8. The second-order valence-electron chi connectivity index (χ2n) is 11.3. The molecule has 3 aliphatic heterocycles. The SMILES string of the molecule is C[C@@]12CCC3(S1)C(C(=O)Nc1ccc(Cl)cc1)N([C@H](CO)c1ccccc1)C(=O)[C@@H]3[C@@H]2C(=O)NCc1ccccc1. The van der Waals surface area contributed by atoms with E-state index >= 15 is 0 Å². The molecule has 212 valence electrons. The summed E-state index contributed by atoms with van der Waals surface area (Å²) in [6.07, 6.45) is 1.33. The van der Waals surface area contributed by atoms with E-state index in [-0.39, 0.29) is 24.3 Å². The molecule has 2 unspecified atom stereocenters. The van der Waals surface area contributed by atoms with Crippen molar-refractivity contribution in [2.24, 2.45) is 11.8 Å². The summed E-state index contributed by atoms with van der Waals surface area (Å²) in [5, 5.41) is 17.2. The van der Waals surface area contributed by atoms with Crippen molar-refractivity contribution in [2.75, 3.05) is 11.9 Å². The normalized spacial score (nSPS) is 28.8. The minimum atomic E-state index is -0.883. The number of aliphatic hydroxyl groups excluding tert-OH is 1. The van der Waals surface area contributed by atoms with E-state index < -0.39 is 33.4 Å². The highest BCUT2D eigenvalue weighted by atomic mass is 35.5. The number of hydrogen-bond acceptors (Lipinski definition) is 5. The molecule has 3 saturated heterocycles. The number of carbonyl (C=O) groups is 3. The van der Waals surface area contributed by atoms with Crippen molar-refractivity contribution in [3.8, 4) is 0 Å². The van der Waals surface area contributed by atoms with E-state index in [2.05, 4.69) is 10.6 Å². The van der Waals surface area contributed by atoms with E-state index in [9.17, 15) is 19.5 Å². The monoisotopic (exact) mass is 589 g/mol. The lowest BCUT2D eigenvalue weighted by Crippen LogP contribution is -2.53. The molecule has 9 heteroatoms. The Labute approximate surface area is 248 Å². The van der Waals surface area contributed by atoms with Gasteiger partial charge in [0.25, 0.3) is 0 Å². The standard InChI is InChI=1S/C32H32ClN3O4S/c1-31-16-17-32(41-31)26(25(31)28(38)34-18-20-8-4-2-5-9-20)30(40)36(24(19-37)21-10-6-3-7-11-21)27(32)29(39)35-23-14-12-22(33)13-15-23/h2-15,24-27,37H,16-19H2,1H3,(H,34,38)(H,35,39)/t24-,25-,26+,27?,31+,32?/m1/s1. The van der Waals surface area contributed by atoms with Crippen molar-refractivity contribution in [3.05, 3.63) is 101 Å². The van der Waals surface area contributed by atoms with Crippen molar-refractivity contribution >= 4 is 46.8 Å². The maximum absolute atomic E-state index is 14.5. The molecule has 3 aromatic carbocycles. The van der Waals surface area contributed by atoms with Crippen molar-refractivity contribution in [3.63, 3.8) is 0 Å². The van der Waals surface area contributed by atoms with Gasteiger partial charge in [0, 0.05) is 22.0 Å². The number of halogens is 1. The van der Waals surface area contributed by atoms with E-state index in [1.807, 2.05) is 67.6 Å². The van der Waals surface area contributed by atoms with Crippen LogP contribution in [0.4, 0.5) is 5.69 Å². The lowest BCUT2D eigenvalue weighted by Gasteiger charge is -2.37. The van der Waals surface area contributed by atoms with Gasteiger partial charge in [-0.15, -0.1) is 11.8 Å². The molecule has 3 aromatic rings. The van der Waals surface area contributed by atoms with Crippen LogP contribution in [0.3, 0.4) is 0 Å². The average molecular weight is 590 g/mol. The highest BCUT2D eigenvalue weighted by Gasteiger charge is 2.77. The van der Waals surface area contributed by atoms with Crippen LogP contribution in [0.25, 0.3) is 0 Å². The van der Waals surface area contributed by atoms with Gasteiger partial charge in [-0.3, -0.25) is 14.4 Å². The molecule has 3 heterocycles. The minimum Gasteiger partial charge on any atom is -0.394 e. The largest absolute Gasteiger partial charge is 0.394 e. The van der Waals surface area contributed by atoms with Crippen LogP contribution in [0.2, 0.25) is 5.02 Å². The quantitative estimate of drug-likeness (QED) is 0.350. The highest BCUT2D eigenvalue weighted by Crippen LogP contribution is 2.72. The molecule has 0 aliphatic carbocycles. The zero-order valence-corrected chi connectivity index (χ0v) is 24.2. The number of anilines is 1. The van der Waals surface area contributed by atoms with E-state index in [1.165, 1.54) is 0 Å². The fraction of sp³-hybridized carbons (Fsp3) is 0.344. The van der Waals surface area contributed by atoms with E-state index in [4.69, 9.17) is 11.6 Å². The molecule has 3 fully saturated rings. The molecule has 3 aliphatic rings. The number of aliphatic hydroxyl groups is 1. The van der Waals surface area contributed by atoms with Gasteiger partial charge in [0.2, 0.25) is 17.7 Å². The molecule has 41 heavy (non-hydrogen) atoms. The summed E-state index contributed by atoms with van der Waals surface area (Å²) in [5.74, 6) is -2.08. The molecule has 2 bridgehead atoms. The van der Waals surface area contributed by atoms with Crippen molar-refractivity contribution in [1.29, 1.82) is 0 Å². The average Bonchev–Trinajstić information content (AvgIpc) is 3.55. The maximum atomic E-state index is 14.5. The van der Waals surface area contributed by atoms with Gasteiger partial charge in [0.05, 0.1) is 29.2 Å². The molecule has 0 saturated carbocycles. The lowest BCUT2D eigenvalue weighted by molar-refractivity contribution is -0.142. The van der Waals surface area contributed by atoms with E-state index in [1.54, 1.807) is 40.9 Å². The molecule has 0 radical (unpaired) electrons. The molecule has 6 rings (SSSR count). The Morgan fingerprint density at radius 2 is 1.66 bits per heavy atom. The number of carbonyl (C=O) groups excluding carboxylic acids is 3. The van der Waals surface area contributed by atoms with Crippen LogP contribution >= 0.6 is 23.4 Å². The van der Waals surface area contributed by atoms with Crippen LogP contribution in [-0.2, 0) is 20.9 Å². The van der Waals surface area contributed by atoms with Crippen molar-refractivity contribution in [2.45, 2.75) is 47.9 Å². The van der Waals surface area contributed by atoms with Crippen LogP contribution in [0.1, 0.15) is 36.9 Å². The topological polar surface area (TPSA) is 98.7 Å². The molecule has 3 N–H and O–H groups in total. The third-order valence-corrected chi connectivity index (χ3v) is 11.1. The first-order valence-electron chi connectivity index (χ1n) is 13.8. The first kappa shape index (κ1) is 27.8. The number of fused-ring (bicyclic) bond motifs is 1. The molecule has 3 amide bonds. The fourth-order valence-corrected chi connectivity index (χ4v) is 9.54. The number of nitrogens with zero attached hydrogens (tertiary/aromatic N) is 1. The third kappa shape index (κ3) is 4.72. The first-order chi connectivity index (χ1) is 19.8. The van der Waals surface area contributed by atoms with Gasteiger partial charge in [-0.25, -0.2) is 0 Å². The molecule has 6 atom stereocenters. The van der Waals surface area contributed by atoms with Gasteiger partial charge in [0.1, 0.15) is 6.04 Å². The molecular weight excluding hydrogens is 558 g/mol. The van der Waals surface area contributed by atoms with Crippen LogP contribution in [0.15, 0.2) is 84.9 Å². The van der Waals surface area contributed by atoms with E-state index in [0.717, 1.165) is 11.1 Å². The van der Waals surface area contributed by atoms with Gasteiger partial charge < -0.3 is 20.6 Å². The smallest absolute Gasteiger partial charge is 0.248 e. The number of amides is 3. The second kappa shape index (κ2) is 10.8.